The number of aryl methyl sites for hydroxylation is 2. The first-order valence-corrected chi connectivity index (χ1v) is 18.3. The molecule has 5 N–H and O–H groups in total. The smallest absolute Gasteiger partial charge is 0.412 e. The van der Waals surface area contributed by atoms with Crippen molar-refractivity contribution in [1.29, 1.82) is 0 Å². The normalized spacial score (nSPS) is 18.8. The van der Waals surface area contributed by atoms with Gasteiger partial charge in [0, 0.05) is 43.2 Å². The standard InChI is InChI=1S/C41H43N7O5/c49-37-14-11-31(32-12-15-39(51)43-40(32)37)38(50)24-42-23-27-9-13-34-33(21-27)44-45-47(34)18-4-5-26-8-10-30(28-6-2-1-3-7-28)35(22-26)48(41(52)53)36-25-46-19-16-29(36)17-20-46/h1-3,6-15,21-22,29,36,38,42,49-50H,4-5,16-20,23-25H2,(H,43,51)(H,52,53)/t36?,38-/m0/s1. The Hall–Kier alpha value is -5.56. The quantitative estimate of drug-likeness (QED) is 0.108. The number of anilines is 1. The number of rotatable bonds is 12. The Kier molecular flexibility index (Phi) is 9.65. The number of nitrogens with zero attached hydrogens (tertiary/aromatic N) is 5. The van der Waals surface area contributed by atoms with Crippen LogP contribution >= 0.6 is 0 Å². The molecule has 2 bridgehead atoms. The molecule has 6 aromatic rings. The number of carboxylic acid groups (broad SMARTS) is 1. The van der Waals surface area contributed by atoms with Crippen molar-refractivity contribution >= 4 is 33.7 Å². The molecule has 1 amide bonds. The van der Waals surface area contributed by atoms with E-state index >= 15 is 0 Å². The zero-order valence-electron chi connectivity index (χ0n) is 29.4. The number of carbonyl (C=O) groups is 1. The molecule has 9 rings (SSSR count). The van der Waals surface area contributed by atoms with Crippen LogP contribution in [0, 0.1) is 5.92 Å². The van der Waals surface area contributed by atoms with Gasteiger partial charge in [-0.1, -0.05) is 59.8 Å². The number of phenolic OH excluding ortho intramolecular Hbond substituents is 1. The molecule has 272 valence electrons. The molecule has 0 saturated carbocycles. The van der Waals surface area contributed by atoms with Crippen molar-refractivity contribution in [2.24, 2.45) is 5.92 Å². The third-order valence-corrected chi connectivity index (χ3v) is 10.9. The van der Waals surface area contributed by atoms with Crippen molar-refractivity contribution in [1.82, 2.24) is 30.2 Å². The predicted molar refractivity (Wildman–Crippen MR) is 204 cm³/mol. The van der Waals surface area contributed by atoms with E-state index in [1.807, 2.05) is 53.2 Å². The number of aliphatic hydroxyl groups excluding tert-OH is 1. The van der Waals surface area contributed by atoms with Gasteiger partial charge in [-0.25, -0.2) is 9.48 Å². The van der Waals surface area contributed by atoms with E-state index in [0.717, 1.165) is 84.3 Å². The molecule has 3 aliphatic heterocycles. The van der Waals surface area contributed by atoms with Gasteiger partial charge in [-0.05, 0) is 97.3 Å². The van der Waals surface area contributed by atoms with Gasteiger partial charge in [-0.15, -0.1) is 5.10 Å². The summed E-state index contributed by atoms with van der Waals surface area (Å²) < 4.78 is 1.91. The first-order valence-electron chi connectivity index (χ1n) is 18.3. The van der Waals surface area contributed by atoms with Crippen molar-refractivity contribution in [2.75, 3.05) is 31.1 Å². The second-order valence-electron chi connectivity index (χ2n) is 14.2. The highest BCUT2D eigenvalue weighted by Crippen LogP contribution is 2.39. The summed E-state index contributed by atoms with van der Waals surface area (Å²) in [7, 11) is 0. The third-order valence-electron chi connectivity index (χ3n) is 10.9. The summed E-state index contributed by atoms with van der Waals surface area (Å²) in [6.07, 6.45) is 1.87. The Morgan fingerprint density at radius 2 is 1.79 bits per heavy atom. The minimum Gasteiger partial charge on any atom is -0.506 e. The molecule has 3 fully saturated rings. The molecule has 3 saturated heterocycles. The van der Waals surface area contributed by atoms with Gasteiger partial charge in [0.05, 0.1) is 28.9 Å². The average molecular weight is 714 g/mol. The van der Waals surface area contributed by atoms with E-state index in [1.54, 1.807) is 17.0 Å². The summed E-state index contributed by atoms with van der Waals surface area (Å²) in [6.45, 7) is 4.29. The van der Waals surface area contributed by atoms with Crippen LogP contribution in [0.1, 0.15) is 42.1 Å². The van der Waals surface area contributed by atoms with E-state index in [0.29, 0.717) is 35.5 Å². The Morgan fingerprint density at radius 3 is 2.57 bits per heavy atom. The van der Waals surface area contributed by atoms with Crippen LogP contribution in [0.25, 0.3) is 33.1 Å². The van der Waals surface area contributed by atoms with Crippen LogP contribution < -0.4 is 15.8 Å². The van der Waals surface area contributed by atoms with Gasteiger partial charge >= 0.3 is 6.09 Å². The number of benzene rings is 4. The molecule has 5 heterocycles. The molecule has 3 aliphatic rings. The average Bonchev–Trinajstić information content (AvgIpc) is 3.58. The monoisotopic (exact) mass is 713 g/mol. The van der Waals surface area contributed by atoms with Gasteiger partial charge in [-0.2, -0.15) is 0 Å². The molecule has 0 spiro atoms. The highest BCUT2D eigenvalue weighted by atomic mass is 16.4. The second-order valence-corrected chi connectivity index (χ2v) is 14.2. The topological polar surface area (TPSA) is 160 Å². The maximum Gasteiger partial charge on any atom is 0.412 e. The number of nitrogens with one attached hydrogen (secondary N) is 2. The highest BCUT2D eigenvalue weighted by Gasteiger charge is 2.41. The number of hydrogen-bond acceptors (Lipinski definition) is 8. The van der Waals surface area contributed by atoms with E-state index in [1.165, 1.54) is 12.1 Å². The van der Waals surface area contributed by atoms with E-state index in [-0.39, 0.29) is 23.9 Å². The van der Waals surface area contributed by atoms with Gasteiger partial charge in [0.2, 0.25) is 5.56 Å². The number of pyridine rings is 1. The summed E-state index contributed by atoms with van der Waals surface area (Å²) in [5, 5.41) is 44.4. The number of fused-ring (bicyclic) bond motifs is 5. The van der Waals surface area contributed by atoms with Crippen LogP contribution in [0.2, 0.25) is 0 Å². The molecule has 1 unspecified atom stereocenters. The fourth-order valence-electron chi connectivity index (χ4n) is 8.18. The lowest BCUT2D eigenvalue weighted by molar-refractivity contribution is 0.0837. The number of hydrogen-bond donors (Lipinski definition) is 5. The van der Waals surface area contributed by atoms with Crippen LogP contribution in [0.5, 0.6) is 5.75 Å². The van der Waals surface area contributed by atoms with Gasteiger partial charge in [0.25, 0.3) is 0 Å². The molecule has 12 nitrogen and oxygen atoms in total. The number of aromatic hydroxyl groups is 1. The minimum absolute atomic E-state index is 0.0449. The number of H-pyrrole nitrogens is 1. The van der Waals surface area contributed by atoms with Crippen LogP contribution in [-0.2, 0) is 19.5 Å². The molecule has 2 aromatic heterocycles. The fraction of sp³-hybridized carbons (Fsp3) is 0.317. The minimum atomic E-state index is -0.900. The number of aliphatic hydroxyl groups is 1. The fourth-order valence-corrected chi connectivity index (χ4v) is 8.18. The van der Waals surface area contributed by atoms with E-state index in [2.05, 4.69) is 43.7 Å². The van der Waals surface area contributed by atoms with Gasteiger partial charge in [0.15, 0.2) is 0 Å². The van der Waals surface area contributed by atoms with Gasteiger partial charge in [0.1, 0.15) is 11.3 Å². The number of aromatic amines is 1. The Morgan fingerprint density at radius 1 is 0.981 bits per heavy atom. The van der Waals surface area contributed by atoms with Crippen molar-refractivity contribution in [3.8, 4) is 16.9 Å². The van der Waals surface area contributed by atoms with Crippen LogP contribution in [0.4, 0.5) is 10.5 Å². The predicted octanol–water partition coefficient (Wildman–Crippen LogP) is 5.68. The van der Waals surface area contributed by atoms with Gasteiger partial charge in [-0.3, -0.25) is 9.69 Å². The Balaban J connectivity index is 0.929. The summed E-state index contributed by atoms with van der Waals surface area (Å²) in [6, 6.07) is 28.4. The van der Waals surface area contributed by atoms with Gasteiger partial charge < -0.3 is 30.5 Å². The number of phenols is 1. The number of piperidine rings is 3. The van der Waals surface area contributed by atoms with Crippen molar-refractivity contribution < 1.29 is 20.1 Å². The lowest BCUT2D eigenvalue weighted by atomic mass is 9.82. The van der Waals surface area contributed by atoms with Crippen LogP contribution in [0.15, 0.2) is 95.8 Å². The first kappa shape index (κ1) is 34.5. The summed E-state index contributed by atoms with van der Waals surface area (Å²) in [4.78, 5) is 31.4. The van der Waals surface area contributed by atoms with E-state index in [9.17, 15) is 24.9 Å². The molecule has 0 aliphatic carbocycles. The molecule has 2 atom stereocenters. The third kappa shape index (κ3) is 7.13. The SMILES string of the molecule is O=C(O)N(c1cc(CCCn2nnc3cc(CNC[C@H](O)c4ccc(O)c5[nH]c(=O)ccc45)ccc32)ccc1-c1ccccc1)C1CN2CCC1CC2. The van der Waals surface area contributed by atoms with Crippen molar-refractivity contribution in [3.05, 3.63) is 118 Å². The maximum atomic E-state index is 13.0. The molecular formula is C41H43N7O5. The van der Waals surface area contributed by atoms with E-state index in [4.69, 9.17) is 0 Å². The molecule has 12 heteroatoms. The molecule has 4 aromatic carbocycles. The maximum absolute atomic E-state index is 13.0. The molecule has 53 heavy (non-hydrogen) atoms. The Bertz CT molecular complexity index is 2320. The highest BCUT2D eigenvalue weighted by molar-refractivity contribution is 5.94. The van der Waals surface area contributed by atoms with Crippen molar-refractivity contribution in [3.63, 3.8) is 0 Å². The van der Waals surface area contributed by atoms with Crippen molar-refractivity contribution in [2.45, 2.75) is 50.9 Å². The summed E-state index contributed by atoms with van der Waals surface area (Å²) >= 11 is 0. The lowest BCUT2D eigenvalue weighted by Crippen LogP contribution is -2.59. The second kappa shape index (κ2) is 14.8. The van der Waals surface area contributed by atoms with Crippen LogP contribution in [0.3, 0.4) is 0 Å². The molecular weight excluding hydrogens is 670 g/mol. The van der Waals surface area contributed by atoms with E-state index < -0.39 is 12.2 Å². The summed E-state index contributed by atoms with van der Waals surface area (Å²) in [5.41, 5.74) is 7.07. The zero-order chi connectivity index (χ0) is 36.5. The Labute approximate surface area is 306 Å². The first-order chi connectivity index (χ1) is 25.8. The van der Waals surface area contributed by atoms with Crippen LogP contribution in [-0.4, -0.2) is 78.5 Å². The summed E-state index contributed by atoms with van der Waals surface area (Å²) in [5.74, 6) is 0.323. The largest absolute Gasteiger partial charge is 0.506 e. The lowest BCUT2D eigenvalue weighted by Gasteiger charge is -2.48. The number of amides is 1. The number of aromatic nitrogens is 4. The zero-order valence-corrected chi connectivity index (χ0v) is 29.4. The molecule has 0 radical (unpaired) electrons.